The minimum atomic E-state index is -0.364. The molecule has 0 aromatic heterocycles. The van der Waals surface area contributed by atoms with E-state index in [1.54, 1.807) is 13.2 Å². The van der Waals surface area contributed by atoms with Crippen LogP contribution in [0.5, 0.6) is 5.75 Å². The molecule has 4 nitrogen and oxygen atoms in total. The third kappa shape index (κ3) is 3.48. The van der Waals surface area contributed by atoms with E-state index in [1.165, 1.54) is 13.2 Å². The topological polar surface area (TPSA) is 56.5 Å². The van der Waals surface area contributed by atoms with Gasteiger partial charge in [0.15, 0.2) is 11.6 Å². The number of nitrogens with one attached hydrogen (secondary N) is 1. The number of hydrogen-bond acceptors (Lipinski definition) is 4. The van der Waals surface area contributed by atoms with E-state index in [2.05, 4.69) is 19.3 Å². The Bertz CT molecular complexity index is 414. The van der Waals surface area contributed by atoms with Gasteiger partial charge < -0.3 is 9.47 Å². The molecule has 0 heterocycles. The van der Waals surface area contributed by atoms with Crippen LogP contribution in [0.1, 0.15) is 32.3 Å². The molecule has 0 radical (unpaired) electrons. The van der Waals surface area contributed by atoms with Crippen LogP contribution in [0.15, 0.2) is 18.2 Å². The average Bonchev–Trinajstić information content (AvgIpc) is 2.48. The van der Waals surface area contributed by atoms with Gasteiger partial charge in [-0.05, 0) is 37.0 Å². The molecule has 0 aliphatic heterocycles. The van der Waals surface area contributed by atoms with E-state index < -0.39 is 0 Å². The average molecular weight is 284 g/mol. The van der Waals surface area contributed by atoms with Gasteiger partial charge in [0.05, 0.1) is 18.8 Å². The smallest absolute Gasteiger partial charge is 0.165 e. The van der Waals surface area contributed by atoms with Crippen LogP contribution in [0.3, 0.4) is 0 Å². The van der Waals surface area contributed by atoms with Gasteiger partial charge in [-0.3, -0.25) is 11.3 Å². The lowest BCUT2D eigenvalue weighted by molar-refractivity contribution is -0.0473. The normalized spacial score (nSPS) is 13.3. The maximum absolute atomic E-state index is 13.7. The second-order valence-electron chi connectivity index (χ2n) is 4.87. The van der Waals surface area contributed by atoms with Gasteiger partial charge in [-0.2, -0.15) is 0 Å². The summed E-state index contributed by atoms with van der Waals surface area (Å²) in [5, 5.41) is 0. The summed E-state index contributed by atoms with van der Waals surface area (Å²) < 4.78 is 24.3. The minimum Gasteiger partial charge on any atom is -0.494 e. The van der Waals surface area contributed by atoms with Crippen LogP contribution in [-0.2, 0) is 11.2 Å². The highest BCUT2D eigenvalue weighted by atomic mass is 19.1. The third-order valence-corrected chi connectivity index (χ3v) is 4.10. The third-order valence-electron chi connectivity index (χ3n) is 4.10. The van der Waals surface area contributed by atoms with E-state index in [1.807, 2.05) is 6.07 Å². The van der Waals surface area contributed by atoms with Crippen molar-refractivity contribution in [3.8, 4) is 5.75 Å². The Morgan fingerprint density at radius 3 is 2.35 bits per heavy atom. The standard InChI is InChI=1S/C15H25FN2O2/c1-5-15(6-2,20-4)14(18-17)10-11-7-8-13(19-3)12(16)9-11/h7-9,14,18H,5-6,10,17H2,1-4H3. The summed E-state index contributed by atoms with van der Waals surface area (Å²) in [6.45, 7) is 4.12. The van der Waals surface area contributed by atoms with Crippen LogP contribution in [0.25, 0.3) is 0 Å². The highest BCUT2D eigenvalue weighted by Crippen LogP contribution is 2.27. The van der Waals surface area contributed by atoms with E-state index in [-0.39, 0.29) is 23.2 Å². The Balaban J connectivity index is 2.95. The molecule has 0 spiro atoms. The van der Waals surface area contributed by atoms with Crippen LogP contribution in [-0.4, -0.2) is 25.9 Å². The fourth-order valence-electron chi connectivity index (χ4n) is 2.64. The predicted molar refractivity (Wildman–Crippen MR) is 78.1 cm³/mol. The van der Waals surface area contributed by atoms with E-state index in [4.69, 9.17) is 15.3 Å². The van der Waals surface area contributed by atoms with E-state index in [0.29, 0.717) is 6.42 Å². The first-order valence-electron chi connectivity index (χ1n) is 6.90. The summed E-state index contributed by atoms with van der Waals surface area (Å²) in [6.07, 6.45) is 2.24. The molecule has 0 aliphatic rings. The Hall–Kier alpha value is -1.17. The Kier molecular flexibility index (Phi) is 6.39. The maximum atomic E-state index is 13.7. The van der Waals surface area contributed by atoms with Crippen molar-refractivity contribution in [1.82, 2.24) is 5.43 Å². The molecule has 114 valence electrons. The van der Waals surface area contributed by atoms with Crippen molar-refractivity contribution < 1.29 is 13.9 Å². The number of rotatable bonds is 8. The number of ether oxygens (including phenoxy) is 2. The SMILES string of the molecule is CCC(CC)(OC)C(Cc1ccc(OC)c(F)c1)NN. The van der Waals surface area contributed by atoms with E-state index in [0.717, 1.165) is 18.4 Å². The zero-order chi connectivity index (χ0) is 15.2. The fourth-order valence-corrected chi connectivity index (χ4v) is 2.64. The molecule has 0 fully saturated rings. The van der Waals surface area contributed by atoms with Crippen molar-refractivity contribution >= 4 is 0 Å². The zero-order valence-corrected chi connectivity index (χ0v) is 12.7. The zero-order valence-electron chi connectivity index (χ0n) is 12.7. The van der Waals surface area contributed by atoms with Gasteiger partial charge in [0.25, 0.3) is 0 Å². The molecule has 0 saturated carbocycles. The van der Waals surface area contributed by atoms with Crippen LogP contribution in [0.4, 0.5) is 4.39 Å². The summed E-state index contributed by atoms with van der Waals surface area (Å²) in [5.41, 5.74) is 3.31. The lowest BCUT2D eigenvalue weighted by atomic mass is 9.84. The molecule has 1 unspecified atom stereocenters. The molecule has 5 heteroatoms. The highest BCUT2D eigenvalue weighted by molar-refractivity contribution is 5.30. The fraction of sp³-hybridized carbons (Fsp3) is 0.600. The molecule has 20 heavy (non-hydrogen) atoms. The van der Waals surface area contributed by atoms with Crippen LogP contribution < -0.4 is 16.0 Å². The lowest BCUT2D eigenvalue weighted by Crippen LogP contribution is -2.55. The number of benzene rings is 1. The van der Waals surface area contributed by atoms with Gasteiger partial charge in [0.1, 0.15) is 0 Å². The van der Waals surface area contributed by atoms with Crippen LogP contribution >= 0.6 is 0 Å². The maximum Gasteiger partial charge on any atom is 0.165 e. The second kappa shape index (κ2) is 7.57. The van der Waals surface area contributed by atoms with Gasteiger partial charge in [-0.25, -0.2) is 4.39 Å². The molecule has 0 bridgehead atoms. The molecule has 1 rings (SSSR count). The molecule has 1 atom stereocenters. The van der Waals surface area contributed by atoms with Crippen molar-refractivity contribution in [3.05, 3.63) is 29.6 Å². The van der Waals surface area contributed by atoms with Crippen molar-refractivity contribution in [3.63, 3.8) is 0 Å². The molecule has 1 aromatic carbocycles. The number of hydrogen-bond donors (Lipinski definition) is 2. The first-order valence-corrected chi connectivity index (χ1v) is 6.90. The largest absolute Gasteiger partial charge is 0.494 e. The summed E-state index contributed by atoms with van der Waals surface area (Å²) in [5.74, 6) is 5.56. The highest BCUT2D eigenvalue weighted by Gasteiger charge is 2.35. The minimum absolute atomic E-state index is 0.0877. The summed E-state index contributed by atoms with van der Waals surface area (Å²) >= 11 is 0. The molecule has 0 amide bonds. The molecule has 1 aromatic rings. The number of nitrogens with two attached hydrogens (primary N) is 1. The van der Waals surface area contributed by atoms with Crippen molar-refractivity contribution in [1.29, 1.82) is 0 Å². The van der Waals surface area contributed by atoms with Crippen LogP contribution in [0, 0.1) is 5.82 Å². The summed E-state index contributed by atoms with van der Waals surface area (Å²) in [4.78, 5) is 0. The first-order chi connectivity index (χ1) is 9.56. The summed E-state index contributed by atoms with van der Waals surface area (Å²) in [6, 6.07) is 4.87. The van der Waals surface area contributed by atoms with Crippen LogP contribution in [0.2, 0.25) is 0 Å². The molecule has 0 saturated heterocycles. The lowest BCUT2D eigenvalue weighted by Gasteiger charge is -2.38. The van der Waals surface area contributed by atoms with E-state index in [9.17, 15) is 4.39 Å². The predicted octanol–water partition coefficient (Wildman–Crippen LogP) is 2.41. The van der Waals surface area contributed by atoms with Gasteiger partial charge in [-0.15, -0.1) is 0 Å². The molecule has 3 N–H and O–H groups in total. The quantitative estimate of drug-likeness (QED) is 0.568. The van der Waals surface area contributed by atoms with Gasteiger partial charge in [-0.1, -0.05) is 19.9 Å². The Morgan fingerprint density at radius 2 is 1.95 bits per heavy atom. The van der Waals surface area contributed by atoms with Crippen molar-refractivity contribution in [2.24, 2.45) is 5.84 Å². The van der Waals surface area contributed by atoms with E-state index >= 15 is 0 Å². The van der Waals surface area contributed by atoms with Gasteiger partial charge in [0, 0.05) is 7.11 Å². The second-order valence-corrected chi connectivity index (χ2v) is 4.87. The van der Waals surface area contributed by atoms with Gasteiger partial charge in [0.2, 0.25) is 0 Å². The first kappa shape index (κ1) is 16.9. The number of halogens is 1. The molecule has 0 aliphatic carbocycles. The summed E-state index contributed by atoms with van der Waals surface area (Å²) in [7, 11) is 3.14. The molecular formula is C15H25FN2O2. The number of methoxy groups -OCH3 is 2. The monoisotopic (exact) mass is 284 g/mol. The van der Waals surface area contributed by atoms with Crippen molar-refractivity contribution in [2.75, 3.05) is 14.2 Å². The Morgan fingerprint density at radius 1 is 1.30 bits per heavy atom. The van der Waals surface area contributed by atoms with Gasteiger partial charge >= 0.3 is 0 Å². The van der Waals surface area contributed by atoms with Crippen molar-refractivity contribution in [2.45, 2.75) is 44.8 Å². The number of hydrazine groups is 1. The molecular weight excluding hydrogens is 259 g/mol. The Labute approximate surface area is 120 Å².